The third-order valence-corrected chi connectivity index (χ3v) is 6.15. The normalized spacial score (nSPS) is 24.1. The molecule has 3 N–H and O–H groups in total. The molecule has 176 valence electrons. The van der Waals surface area contributed by atoms with E-state index in [1.54, 1.807) is 18.3 Å². The van der Waals surface area contributed by atoms with Gasteiger partial charge in [0, 0.05) is 36.0 Å². The smallest absolute Gasteiger partial charge is 0.396 e. The topological polar surface area (TPSA) is 78.3 Å². The maximum Gasteiger partial charge on any atom is 0.416 e. The van der Waals surface area contributed by atoms with Crippen LogP contribution in [0.1, 0.15) is 44.9 Å². The van der Waals surface area contributed by atoms with Gasteiger partial charge in [0.2, 0.25) is 0 Å². The first-order chi connectivity index (χ1) is 15.0. The fourth-order valence-corrected chi connectivity index (χ4v) is 4.34. The molecule has 0 saturated heterocycles. The fourth-order valence-electron chi connectivity index (χ4n) is 4.34. The van der Waals surface area contributed by atoms with E-state index in [1.807, 2.05) is 0 Å². The maximum atomic E-state index is 13.1. The average Bonchev–Trinajstić information content (AvgIpc) is 3.01. The lowest BCUT2D eigenvalue weighted by Gasteiger charge is -2.26. The van der Waals surface area contributed by atoms with Gasteiger partial charge in [-0.2, -0.15) is 13.2 Å². The van der Waals surface area contributed by atoms with Crippen molar-refractivity contribution in [3.05, 3.63) is 47.8 Å². The molecule has 0 bridgehead atoms. The van der Waals surface area contributed by atoms with Crippen LogP contribution in [0.5, 0.6) is 0 Å². The number of nitrogens with zero attached hydrogens (tertiary/aromatic N) is 2. The van der Waals surface area contributed by atoms with E-state index in [0.29, 0.717) is 24.1 Å². The molecule has 1 aromatic heterocycles. The van der Waals surface area contributed by atoms with Gasteiger partial charge in [0.15, 0.2) is 5.82 Å². The Balaban J connectivity index is 1.79. The van der Waals surface area contributed by atoms with E-state index >= 15 is 0 Å². The van der Waals surface area contributed by atoms with Crippen LogP contribution >= 0.6 is 0 Å². The van der Waals surface area contributed by atoms with Crippen LogP contribution in [0.3, 0.4) is 0 Å². The summed E-state index contributed by atoms with van der Waals surface area (Å²) >= 11 is 0. The van der Waals surface area contributed by atoms with Crippen LogP contribution in [0, 0.1) is 17.3 Å². The lowest BCUT2D eigenvalue weighted by atomic mass is 9.88. The number of nitrogens with one attached hydrogen (secondary N) is 1. The minimum atomic E-state index is -4.44. The summed E-state index contributed by atoms with van der Waals surface area (Å²) < 4.78 is 39.2. The molecule has 1 aliphatic carbocycles. The summed E-state index contributed by atoms with van der Waals surface area (Å²) in [6, 6.07) is 6.73. The second kappa shape index (κ2) is 9.85. The Hall–Kier alpha value is -2.03. The highest BCUT2D eigenvalue weighted by molar-refractivity contribution is 5.56. The summed E-state index contributed by atoms with van der Waals surface area (Å²) in [5.74, 6) is -0.0988. The lowest BCUT2D eigenvalue weighted by molar-refractivity contribution is -0.137. The molecule has 8 heteroatoms. The molecule has 1 saturated carbocycles. The van der Waals surface area contributed by atoms with Crippen molar-refractivity contribution in [1.82, 2.24) is 15.3 Å². The van der Waals surface area contributed by atoms with Crippen LogP contribution in [0.25, 0.3) is 11.4 Å². The Morgan fingerprint density at radius 1 is 1.12 bits per heavy atom. The zero-order chi connectivity index (χ0) is 23.5. The molecule has 0 aliphatic heterocycles. The first-order valence-corrected chi connectivity index (χ1v) is 11.0. The summed E-state index contributed by atoms with van der Waals surface area (Å²) in [5.41, 5.74) is 0.411. The Kier molecular flexibility index (Phi) is 7.57. The molecule has 0 unspecified atom stereocenters. The number of hydrogen-bond acceptors (Lipinski definition) is 5. The number of aliphatic hydroxyl groups is 2. The van der Waals surface area contributed by atoms with Crippen LogP contribution in [0.15, 0.2) is 36.5 Å². The third kappa shape index (κ3) is 6.27. The largest absolute Gasteiger partial charge is 0.416 e. The quantitative estimate of drug-likeness (QED) is 0.591. The monoisotopic (exact) mass is 451 g/mol. The molecule has 2 aromatic rings. The second-order valence-corrected chi connectivity index (χ2v) is 9.84. The van der Waals surface area contributed by atoms with Gasteiger partial charge in [-0.25, -0.2) is 9.97 Å². The van der Waals surface area contributed by atoms with Crippen molar-refractivity contribution in [3.63, 3.8) is 0 Å². The van der Waals surface area contributed by atoms with Gasteiger partial charge >= 0.3 is 6.18 Å². The highest BCUT2D eigenvalue weighted by Crippen LogP contribution is 2.35. The van der Waals surface area contributed by atoms with Gasteiger partial charge < -0.3 is 15.5 Å². The molecule has 1 aromatic carbocycles. The van der Waals surface area contributed by atoms with E-state index < -0.39 is 17.8 Å². The molecule has 1 fully saturated rings. The van der Waals surface area contributed by atoms with Crippen molar-refractivity contribution in [3.8, 4) is 11.4 Å². The number of rotatable bonds is 7. The molecule has 0 amide bonds. The standard InChI is InChI=1S/C24H32F3N3O2/c1-23(2,3)8-10-28-20-13-21(32)19(14-31)18(20)12-17-7-9-29-22(30-17)15-5-4-6-16(11-15)24(25,26)27/h4-7,9,11,18-21,28,31-32H,8,10,12-14H2,1-3H3/t18-,19-,20-,21-/m1/s1. The number of halogens is 3. The zero-order valence-electron chi connectivity index (χ0n) is 18.7. The van der Waals surface area contributed by atoms with E-state index in [4.69, 9.17) is 0 Å². The van der Waals surface area contributed by atoms with Gasteiger partial charge in [-0.05, 0) is 55.3 Å². The molecule has 32 heavy (non-hydrogen) atoms. The SMILES string of the molecule is CC(C)(C)CCN[C@@H]1C[C@@H](O)[C@H](CO)[C@H]1Cc1ccnc(-c2cccc(C(F)(F)F)c2)n1. The van der Waals surface area contributed by atoms with Crippen LogP contribution in [-0.2, 0) is 12.6 Å². The van der Waals surface area contributed by atoms with Crippen LogP contribution in [-0.4, -0.2) is 45.5 Å². The van der Waals surface area contributed by atoms with Crippen LogP contribution < -0.4 is 5.32 Å². The van der Waals surface area contributed by atoms with Crippen molar-refractivity contribution in [2.75, 3.05) is 13.2 Å². The van der Waals surface area contributed by atoms with Crippen molar-refractivity contribution in [2.45, 2.75) is 58.4 Å². The number of benzene rings is 1. The number of aromatic nitrogens is 2. The molecule has 0 spiro atoms. The zero-order valence-corrected chi connectivity index (χ0v) is 18.7. The number of alkyl halides is 3. The summed E-state index contributed by atoms with van der Waals surface area (Å²) in [4.78, 5) is 8.67. The molecular formula is C24H32F3N3O2. The third-order valence-electron chi connectivity index (χ3n) is 6.15. The van der Waals surface area contributed by atoms with Gasteiger partial charge in [-0.3, -0.25) is 0 Å². The maximum absolute atomic E-state index is 13.1. The highest BCUT2D eigenvalue weighted by Gasteiger charge is 2.42. The van der Waals surface area contributed by atoms with Crippen molar-refractivity contribution >= 4 is 0 Å². The molecule has 1 heterocycles. The minimum absolute atomic E-state index is 0.0245. The van der Waals surface area contributed by atoms with Crippen molar-refractivity contribution in [1.29, 1.82) is 0 Å². The first-order valence-electron chi connectivity index (χ1n) is 11.0. The lowest BCUT2D eigenvalue weighted by Crippen LogP contribution is -2.37. The Morgan fingerprint density at radius 2 is 1.88 bits per heavy atom. The first kappa shape index (κ1) is 24.6. The number of hydrogen-bond donors (Lipinski definition) is 3. The van der Waals surface area contributed by atoms with Crippen LogP contribution in [0.4, 0.5) is 13.2 Å². The van der Waals surface area contributed by atoms with E-state index in [2.05, 4.69) is 36.1 Å². The van der Waals surface area contributed by atoms with Gasteiger partial charge in [-0.15, -0.1) is 0 Å². The fraction of sp³-hybridized carbons (Fsp3) is 0.583. The summed E-state index contributed by atoms with van der Waals surface area (Å²) in [6.45, 7) is 7.18. The molecule has 0 radical (unpaired) electrons. The van der Waals surface area contributed by atoms with E-state index in [-0.39, 0.29) is 35.7 Å². The van der Waals surface area contributed by atoms with Crippen molar-refractivity contribution < 1.29 is 23.4 Å². The Morgan fingerprint density at radius 3 is 2.53 bits per heavy atom. The van der Waals surface area contributed by atoms with E-state index in [9.17, 15) is 23.4 Å². The predicted octanol–water partition coefficient (Wildman–Crippen LogP) is 4.09. The van der Waals surface area contributed by atoms with E-state index in [0.717, 1.165) is 25.1 Å². The average molecular weight is 452 g/mol. The van der Waals surface area contributed by atoms with Gasteiger partial charge in [-0.1, -0.05) is 32.9 Å². The summed E-state index contributed by atoms with van der Waals surface area (Å²) in [6.07, 6.45) is -1.49. The van der Waals surface area contributed by atoms with E-state index in [1.165, 1.54) is 6.07 Å². The highest BCUT2D eigenvalue weighted by atomic mass is 19.4. The minimum Gasteiger partial charge on any atom is -0.396 e. The van der Waals surface area contributed by atoms with Gasteiger partial charge in [0.05, 0.1) is 11.7 Å². The molecule has 1 aliphatic rings. The second-order valence-electron chi connectivity index (χ2n) is 9.84. The van der Waals surface area contributed by atoms with Crippen molar-refractivity contribution in [2.24, 2.45) is 17.3 Å². The molecule has 3 rings (SSSR count). The Bertz CT molecular complexity index is 899. The molecular weight excluding hydrogens is 419 g/mol. The van der Waals surface area contributed by atoms with Gasteiger partial charge in [0.25, 0.3) is 0 Å². The number of aliphatic hydroxyl groups excluding tert-OH is 2. The molecule has 4 atom stereocenters. The molecule has 5 nitrogen and oxygen atoms in total. The summed E-state index contributed by atoms with van der Waals surface area (Å²) in [7, 11) is 0. The van der Waals surface area contributed by atoms with Gasteiger partial charge in [0.1, 0.15) is 0 Å². The summed E-state index contributed by atoms with van der Waals surface area (Å²) in [5, 5.41) is 23.9. The predicted molar refractivity (Wildman–Crippen MR) is 117 cm³/mol. The van der Waals surface area contributed by atoms with Crippen LogP contribution in [0.2, 0.25) is 0 Å². The Labute approximate surface area is 187 Å².